The van der Waals surface area contributed by atoms with E-state index < -0.39 is 5.97 Å². The van der Waals surface area contributed by atoms with Crippen molar-refractivity contribution in [2.45, 2.75) is 0 Å². The predicted octanol–water partition coefficient (Wildman–Crippen LogP) is 1.79. The number of nitrogens with one attached hydrogen (secondary N) is 1. The van der Waals surface area contributed by atoms with Crippen molar-refractivity contribution in [3.05, 3.63) is 47.9 Å². The molecule has 0 aliphatic carbocycles. The van der Waals surface area contributed by atoms with Crippen molar-refractivity contribution >= 4 is 17.5 Å². The van der Waals surface area contributed by atoms with Crippen molar-refractivity contribution in [1.82, 2.24) is 9.97 Å². The van der Waals surface area contributed by atoms with Crippen molar-refractivity contribution in [2.75, 3.05) is 5.32 Å². The second-order valence-electron chi connectivity index (χ2n) is 3.41. The Balaban J connectivity index is 2.18. The molecule has 0 radical (unpaired) electrons. The number of nitriles is 1. The van der Waals surface area contributed by atoms with Crippen molar-refractivity contribution < 1.29 is 9.90 Å². The van der Waals surface area contributed by atoms with Crippen LogP contribution in [0.1, 0.15) is 16.1 Å². The highest BCUT2D eigenvalue weighted by molar-refractivity contribution is 5.85. The summed E-state index contributed by atoms with van der Waals surface area (Å²) in [5.74, 6) is -0.712. The number of carboxylic acids is 1. The number of hydrogen-bond acceptors (Lipinski definition) is 5. The van der Waals surface area contributed by atoms with Gasteiger partial charge in [-0.1, -0.05) is 6.07 Å². The van der Waals surface area contributed by atoms with Crippen LogP contribution in [-0.2, 0) is 0 Å². The lowest BCUT2D eigenvalue weighted by Gasteiger charge is -2.05. The number of aromatic carboxylic acids is 1. The molecule has 1 aromatic carbocycles. The molecule has 0 amide bonds. The van der Waals surface area contributed by atoms with E-state index in [2.05, 4.69) is 15.3 Å². The average Bonchev–Trinajstić information content (AvgIpc) is 2.39. The van der Waals surface area contributed by atoms with Gasteiger partial charge in [-0.3, -0.25) is 0 Å². The zero-order chi connectivity index (χ0) is 13.0. The molecule has 2 rings (SSSR count). The number of aromatic nitrogens is 2. The first-order valence-electron chi connectivity index (χ1n) is 5.01. The van der Waals surface area contributed by atoms with E-state index >= 15 is 0 Å². The summed E-state index contributed by atoms with van der Waals surface area (Å²) in [6.07, 6.45) is 2.49. The zero-order valence-corrected chi connectivity index (χ0v) is 9.16. The predicted molar refractivity (Wildman–Crippen MR) is 63.4 cm³/mol. The number of anilines is 2. The van der Waals surface area contributed by atoms with E-state index in [1.54, 1.807) is 24.3 Å². The van der Waals surface area contributed by atoms with Crippen molar-refractivity contribution in [2.24, 2.45) is 0 Å². The maximum atomic E-state index is 10.6. The van der Waals surface area contributed by atoms with Gasteiger partial charge in [0.25, 0.3) is 0 Å². The van der Waals surface area contributed by atoms with Crippen LogP contribution < -0.4 is 5.32 Å². The minimum atomic E-state index is -1.12. The topological polar surface area (TPSA) is 98.9 Å². The molecule has 0 saturated heterocycles. The van der Waals surface area contributed by atoms with Crippen molar-refractivity contribution in [3.63, 3.8) is 0 Å². The van der Waals surface area contributed by atoms with Gasteiger partial charge in [-0.15, -0.1) is 0 Å². The van der Waals surface area contributed by atoms with Gasteiger partial charge in [0.1, 0.15) is 5.82 Å². The van der Waals surface area contributed by atoms with E-state index in [1.807, 2.05) is 6.07 Å². The highest BCUT2D eigenvalue weighted by Crippen LogP contribution is 2.14. The summed E-state index contributed by atoms with van der Waals surface area (Å²) in [5.41, 5.74) is 1.09. The third-order valence-electron chi connectivity index (χ3n) is 2.14. The Hall–Kier alpha value is -2.94. The fourth-order valence-electron chi connectivity index (χ4n) is 1.32. The molecule has 6 heteroatoms. The lowest BCUT2D eigenvalue weighted by molar-refractivity contribution is 0.0690. The highest BCUT2D eigenvalue weighted by atomic mass is 16.4. The molecule has 0 spiro atoms. The second-order valence-corrected chi connectivity index (χ2v) is 3.41. The number of carboxylic acid groups (broad SMARTS) is 1. The Kier molecular flexibility index (Phi) is 3.16. The molecule has 2 aromatic rings. The van der Waals surface area contributed by atoms with Gasteiger partial charge in [0, 0.05) is 5.69 Å². The molecule has 0 aliphatic heterocycles. The molecular formula is C12H8N4O2. The summed E-state index contributed by atoms with van der Waals surface area (Å²) in [6, 6.07) is 8.88. The SMILES string of the molecule is N#Cc1cccc(Nc2cnc(C(=O)O)cn2)c1. The van der Waals surface area contributed by atoms with Crippen molar-refractivity contribution in [1.29, 1.82) is 5.26 Å². The number of hydrogen-bond donors (Lipinski definition) is 2. The Morgan fingerprint density at radius 2 is 2.17 bits per heavy atom. The number of benzene rings is 1. The van der Waals surface area contributed by atoms with Crippen LogP contribution in [0.5, 0.6) is 0 Å². The van der Waals surface area contributed by atoms with E-state index in [0.717, 1.165) is 0 Å². The normalized spacial score (nSPS) is 9.50. The molecular weight excluding hydrogens is 232 g/mol. The van der Waals surface area contributed by atoms with E-state index in [4.69, 9.17) is 10.4 Å². The third-order valence-corrected chi connectivity index (χ3v) is 2.14. The van der Waals surface area contributed by atoms with Crippen LogP contribution in [0.15, 0.2) is 36.7 Å². The standard InChI is InChI=1S/C12H8N4O2/c13-5-8-2-1-3-9(4-8)16-11-7-14-10(6-15-11)12(17)18/h1-4,6-7H,(H,15,16)(H,17,18). The molecule has 0 bridgehead atoms. The van der Waals surface area contributed by atoms with Gasteiger partial charge in [0.15, 0.2) is 5.69 Å². The van der Waals surface area contributed by atoms with Gasteiger partial charge >= 0.3 is 5.97 Å². The first-order chi connectivity index (χ1) is 8.69. The van der Waals surface area contributed by atoms with Gasteiger partial charge < -0.3 is 10.4 Å². The van der Waals surface area contributed by atoms with Gasteiger partial charge in [-0.05, 0) is 18.2 Å². The molecule has 6 nitrogen and oxygen atoms in total. The van der Waals surface area contributed by atoms with E-state index in [-0.39, 0.29) is 5.69 Å². The summed E-state index contributed by atoms with van der Waals surface area (Å²) >= 11 is 0. The van der Waals surface area contributed by atoms with Gasteiger partial charge in [-0.2, -0.15) is 5.26 Å². The van der Waals surface area contributed by atoms with E-state index in [1.165, 1.54) is 12.4 Å². The minimum absolute atomic E-state index is 0.119. The number of carbonyl (C=O) groups is 1. The van der Waals surface area contributed by atoms with Gasteiger partial charge in [-0.25, -0.2) is 14.8 Å². The molecule has 2 N–H and O–H groups in total. The largest absolute Gasteiger partial charge is 0.476 e. The summed E-state index contributed by atoms with van der Waals surface area (Å²) in [7, 11) is 0. The Morgan fingerprint density at radius 3 is 2.78 bits per heavy atom. The summed E-state index contributed by atoms with van der Waals surface area (Å²) in [6.45, 7) is 0. The fourth-order valence-corrected chi connectivity index (χ4v) is 1.32. The lowest BCUT2D eigenvalue weighted by Crippen LogP contribution is -2.02. The Morgan fingerprint density at radius 1 is 1.33 bits per heavy atom. The maximum absolute atomic E-state index is 10.6. The van der Waals surface area contributed by atoms with E-state index in [0.29, 0.717) is 17.1 Å². The van der Waals surface area contributed by atoms with Crippen molar-refractivity contribution in [3.8, 4) is 6.07 Å². The summed E-state index contributed by atoms with van der Waals surface area (Å²) in [5, 5.41) is 20.4. The zero-order valence-electron chi connectivity index (χ0n) is 9.16. The second kappa shape index (κ2) is 4.93. The van der Waals surface area contributed by atoms with Gasteiger partial charge in [0.2, 0.25) is 0 Å². The monoisotopic (exact) mass is 240 g/mol. The highest BCUT2D eigenvalue weighted by Gasteiger charge is 2.04. The average molecular weight is 240 g/mol. The van der Waals surface area contributed by atoms with Crippen LogP contribution in [0.2, 0.25) is 0 Å². The van der Waals surface area contributed by atoms with Crippen LogP contribution in [0, 0.1) is 11.3 Å². The molecule has 0 atom stereocenters. The lowest BCUT2D eigenvalue weighted by atomic mass is 10.2. The number of rotatable bonds is 3. The van der Waals surface area contributed by atoms with Crippen LogP contribution >= 0.6 is 0 Å². The van der Waals surface area contributed by atoms with Crippen LogP contribution in [0.25, 0.3) is 0 Å². The molecule has 0 unspecified atom stereocenters. The molecule has 0 saturated carbocycles. The van der Waals surface area contributed by atoms with Crippen LogP contribution in [-0.4, -0.2) is 21.0 Å². The quantitative estimate of drug-likeness (QED) is 0.848. The molecule has 0 aliphatic rings. The first-order valence-corrected chi connectivity index (χ1v) is 5.01. The maximum Gasteiger partial charge on any atom is 0.356 e. The fraction of sp³-hybridized carbons (Fsp3) is 0. The Labute approximate surface area is 103 Å². The third kappa shape index (κ3) is 2.59. The molecule has 0 fully saturated rings. The first kappa shape index (κ1) is 11.5. The molecule has 1 aromatic heterocycles. The van der Waals surface area contributed by atoms with Crippen LogP contribution in [0.3, 0.4) is 0 Å². The number of nitrogens with zero attached hydrogens (tertiary/aromatic N) is 3. The van der Waals surface area contributed by atoms with E-state index in [9.17, 15) is 4.79 Å². The van der Waals surface area contributed by atoms with Gasteiger partial charge in [0.05, 0.1) is 24.0 Å². The summed E-state index contributed by atoms with van der Waals surface area (Å²) < 4.78 is 0. The van der Waals surface area contributed by atoms with Crippen LogP contribution in [0.4, 0.5) is 11.5 Å². The minimum Gasteiger partial charge on any atom is -0.476 e. The molecule has 18 heavy (non-hydrogen) atoms. The Bertz CT molecular complexity index is 617. The summed E-state index contributed by atoms with van der Waals surface area (Å²) in [4.78, 5) is 18.2. The molecule has 88 valence electrons. The smallest absolute Gasteiger partial charge is 0.356 e. The molecule has 1 heterocycles.